The average Bonchev–Trinajstić information content (AvgIpc) is 2.22. The summed E-state index contributed by atoms with van der Waals surface area (Å²) in [5.74, 6) is 0.596. The Kier molecular flexibility index (Phi) is 2.69. The van der Waals surface area contributed by atoms with Crippen LogP contribution in [0.4, 0.5) is 0 Å². The molecule has 2 rings (SSSR count). The second-order valence-electron chi connectivity index (χ2n) is 2.78. The second-order valence-corrected chi connectivity index (χ2v) is 3.22. The summed E-state index contributed by atoms with van der Waals surface area (Å²) in [5, 5.41) is 9.64. The van der Waals surface area contributed by atoms with Gasteiger partial charge in [0.25, 0.3) is 0 Å². The molecule has 0 radical (unpaired) electrons. The monoisotopic (exact) mass is 222 g/mol. The molecule has 1 N–H and O–H groups in total. The van der Waals surface area contributed by atoms with Gasteiger partial charge in [0.05, 0.1) is 17.4 Å². The van der Waals surface area contributed by atoms with E-state index in [1.54, 1.807) is 18.2 Å². The zero-order valence-corrected chi connectivity index (χ0v) is 8.35. The van der Waals surface area contributed by atoms with Gasteiger partial charge in [-0.2, -0.15) is 0 Å². The van der Waals surface area contributed by atoms with E-state index < -0.39 is 0 Å². The Hall–Kier alpha value is -1.81. The predicted molar refractivity (Wildman–Crippen MR) is 55.2 cm³/mol. The smallest absolute Gasteiger partial charge is 0.321 e. The van der Waals surface area contributed by atoms with Crippen LogP contribution in [0.15, 0.2) is 36.7 Å². The van der Waals surface area contributed by atoms with Crippen LogP contribution in [-0.2, 0) is 0 Å². The first-order valence-corrected chi connectivity index (χ1v) is 4.56. The van der Waals surface area contributed by atoms with Gasteiger partial charge in [0.1, 0.15) is 11.5 Å². The molecule has 0 unspecified atom stereocenters. The lowest BCUT2D eigenvalue weighted by Gasteiger charge is -2.02. The first kappa shape index (κ1) is 9.73. The van der Waals surface area contributed by atoms with E-state index in [9.17, 15) is 5.11 Å². The standard InChI is InChI=1S/C10H7ClN2O2/c11-7-5-12-10(13-6-7)15-9-3-1-2-8(14)4-9/h1-6,14H. The van der Waals surface area contributed by atoms with Gasteiger partial charge < -0.3 is 9.84 Å². The molecule has 5 heteroatoms. The van der Waals surface area contributed by atoms with Crippen molar-refractivity contribution in [3.8, 4) is 17.5 Å². The number of ether oxygens (including phenoxy) is 1. The SMILES string of the molecule is Oc1cccc(Oc2ncc(Cl)cn2)c1. The van der Waals surface area contributed by atoms with Gasteiger partial charge in [-0.15, -0.1) is 0 Å². The Bertz CT molecular complexity index is 459. The Labute approximate surface area is 91.1 Å². The molecule has 1 heterocycles. The molecule has 0 aliphatic carbocycles. The van der Waals surface area contributed by atoms with Gasteiger partial charge in [-0.1, -0.05) is 17.7 Å². The minimum atomic E-state index is 0.126. The van der Waals surface area contributed by atoms with Gasteiger partial charge >= 0.3 is 6.01 Å². The van der Waals surface area contributed by atoms with Gasteiger partial charge in [-0.3, -0.25) is 0 Å². The molecule has 0 bridgehead atoms. The van der Waals surface area contributed by atoms with Crippen molar-refractivity contribution in [1.29, 1.82) is 0 Å². The summed E-state index contributed by atoms with van der Waals surface area (Å²) in [6.07, 6.45) is 2.87. The molecule has 0 fully saturated rings. The summed E-state index contributed by atoms with van der Waals surface area (Å²) < 4.78 is 5.27. The van der Waals surface area contributed by atoms with Gasteiger partial charge in [-0.05, 0) is 12.1 Å². The first-order chi connectivity index (χ1) is 7.24. The molecule has 4 nitrogen and oxygen atoms in total. The van der Waals surface area contributed by atoms with Crippen molar-refractivity contribution in [2.24, 2.45) is 0 Å². The van der Waals surface area contributed by atoms with Crippen molar-refractivity contribution in [1.82, 2.24) is 9.97 Å². The van der Waals surface area contributed by atoms with Gasteiger partial charge in [0, 0.05) is 6.07 Å². The summed E-state index contributed by atoms with van der Waals surface area (Å²) in [6, 6.07) is 6.57. The van der Waals surface area contributed by atoms with Crippen LogP contribution >= 0.6 is 11.6 Å². The molecule has 0 aliphatic heterocycles. The lowest BCUT2D eigenvalue weighted by atomic mass is 10.3. The largest absolute Gasteiger partial charge is 0.508 e. The van der Waals surface area contributed by atoms with E-state index in [0.29, 0.717) is 10.8 Å². The molecular weight excluding hydrogens is 216 g/mol. The fourth-order valence-corrected chi connectivity index (χ4v) is 1.10. The summed E-state index contributed by atoms with van der Waals surface area (Å²) in [7, 11) is 0. The maximum atomic E-state index is 9.19. The van der Waals surface area contributed by atoms with Crippen molar-refractivity contribution in [2.75, 3.05) is 0 Å². The molecular formula is C10H7ClN2O2. The number of halogens is 1. The predicted octanol–water partition coefficient (Wildman–Crippen LogP) is 2.63. The van der Waals surface area contributed by atoms with Crippen molar-refractivity contribution in [3.63, 3.8) is 0 Å². The van der Waals surface area contributed by atoms with E-state index in [1.165, 1.54) is 18.5 Å². The van der Waals surface area contributed by atoms with Gasteiger partial charge in [0.15, 0.2) is 0 Å². The van der Waals surface area contributed by atoms with Crippen molar-refractivity contribution >= 4 is 11.6 Å². The van der Waals surface area contributed by atoms with Crippen LogP contribution in [0.2, 0.25) is 5.02 Å². The lowest BCUT2D eigenvalue weighted by molar-refractivity contribution is 0.431. The minimum Gasteiger partial charge on any atom is -0.508 e. The van der Waals surface area contributed by atoms with Crippen LogP contribution in [0.25, 0.3) is 0 Å². The summed E-state index contributed by atoms with van der Waals surface area (Å²) in [5.41, 5.74) is 0. The number of aromatic nitrogens is 2. The number of aromatic hydroxyl groups is 1. The maximum absolute atomic E-state index is 9.19. The number of hydrogen-bond acceptors (Lipinski definition) is 4. The molecule has 0 atom stereocenters. The Balaban J connectivity index is 2.18. The van der Waals surface area contributed by atoms with Crippen LogP contribution in [0, 0.1) is 0 Å². The molecule has 0 amide bonds. The summed E-state index contributed by atoms with van der Waals surface area (Å²) in [6.45, 7) is 0. The zero-order valence-electron chi connectivity index (χ0n) is 7.59. The van der Waals surface area contributed by atoms with Gasteiger partial charge in [-0.25, -0.2) is 9.97 Å². The zero-order chi connectivity index (χ0) is 10.7. The van der Waals surface area contributed by atoms with E-state index >= 15 is 0 Å². The molecule has 1 aromatic carbocycles. The maximum Gasteiger partial charge on any atom is 0.321 e. The normalized spacial score (nSPS) is 9.93. The molecule has 15 heavy (non-hydrogen) atoms. The highest BCUT2D eigenvalue weighted by molar-refractivity contribution is 6.30. The van der Waals surface area contributed by atoms with Crippen LogP contribution in [0.3, 0.4) is 0 Å². The Morgan fingerprint density at radius 3 is 2.60 bits per heavy atom. The van der Waals surface area contributed by atoms with E-state index in [2.05, 4.69) is 9.97 Å². The van der Waals surface area contributed by atoms with Crippen LogP contribution in [-0.4, -0.2) is 15.1 Å². The van der Waals surface area contributed by atoms with Crippen LogP contribution < -0.4 is 4.74 Å². The highest BCUT2D eigenvalue weighted by Crippen LogP contribution is 2.22. The van der Waals surface area contributed by atoms with Crippen molar-refractivity contribution in [3.05, 3.63) is 41.7 Å². The van der Waals surface area contributed by atoms with Crippen LogP contribution in [0.5, 0.6) is 17.5 Å². The van der Waals surface area contributed by atoms with E-state index in [-0.39, 0.29) is 11.8 Å². The molecule has 76 valence electrons. The summed E-state index contributed by atoms with van der Waals surface area (Å²) in [4.78, 5) is 7.71. The Morgan fingerprint density at radius 2 is 1.93 bits per heavy atom. The van der Waals surface area contributed by atoms with Gasteiger partial charge in [0.2, 0.25) is 0 Å². The fourth-order valence-electron chi connectivity index (χ4n) is 1.01. The van der Waals surface area contributed by atoms with Crippen molar-refractivity contribution in [2.45, 2.75) is 0 Å². The molecule has 0 saturated carbocycles. The fraction of sp³-hybridized carbons (Fsp3) is 0. The number of nitrogens with zero attached hydrogens (tertiary/aromatic N) is 2. The number of hydrogen-bond donors (Lipinski definition) is 1. The average molecular weight is 223 g/mol. The highest BCUT2D eigenvalue weighted by atomic mass is 35.5. The number of phenolic OH excluding ortho intramolecular Hbond substituents is 1. The molecule has 2 aromatic rings. The van der Waals surface area contributed by atoms with Crippen LogP contribution in [0.1, 0.15) is 0 Å². The second kappa shape index (κ2) is 4.14. The first-order valence-electron chi connectivity index (χ1n) is 4.18. The third kappa shape index (κ3) is 2.57. The number of rotatable bonds is 2. The number of benzene rings is 1. The quantitative estimate of drug-likeness (QED) is 0.849. The van der Waals surface area contributed by atoms with E-state index in [1.807, 2.05) is 0 Å². The molecule has 1 aromatic heterocycles. The minimum absolute atomic E-state index is 0.126. The molecule has 0 saturated heterocycles. The topological polar surface area (TPSA) is 55.2 Å². The highest BCUT2D eigenvalue weighted by Gasteiger charge is 2.00. The van der Waals surface area contributed by atoms with E-state index in [4.69, 9.17) is 16.3 Å². The molecule has 0 aliphatic rings. The third-order valence-electron chi connectivity index (χ3n) is 1.62. The summed E-state index contributed by atoms with van der Waals surface area (Å²) >= 11 is 5.62. The Morgan fingerprint density at radius 1 is 1.20 bits per heavy atom. The lowest BCUT2D eigenvalue weighted by Crippen LogP contribution is -1.90. The molecule has 0 spiro atoms. The van der Waals surface area contributed by atoms with Crippen molar-refractivity contribution < 1.29 is 9.84 Å². The third-order valence-corrected chi connectivity index (χ3v) is 1.82. The van der Waals surface area contributed by atoms with E-state index in [0.717, 1.165) is 0 Å². The number of phenols is 1.